The molecule has 7 heteroatoms. The van der Waals surface area contributed by atoms with Gasteiger partial charge >= 0.3 is 0 Å². The molecule has 2 amide bonds. The highest BCUT2D eigenvalue weighted by molar-refractivity contribution is 6.07. The van der Waals surface area contributed by atoms with Gasteiger partial charge in [-0.3, -0.25) is 14.3 Å². The first-order valence-electron chi connectivity index (χ1n) is 8.94. The largest absolute Gasteiger partial charge is 0.491 e. The van der Waals surface area contributed by atoms with E-state index in [4.69, 9.17) is 4.74 Å². The summed E-state index contributed by atoms with van der Waals surface area (Å²) in [7, 11) is 3.33. The second-order valence-corrected chi connectivity index (χ2v) is 6.65. The van der Waals surface area contributed by atoms with Gasteiger partial charge < -0.3 is 15.4 Å². The van der Waals surface area contributed by atoms with E-state index in [9.17, 15) is 9.59 Å². The number of benzene rings is 2. The summed E-state index contributed by atoms with van der Waals surface area (Å²) in [5.74, 6) is -0.0995. The summed E-state index contributed by atoms with van der Waals surface area (Å²) in [5, 5.41) is 9.48. The molecule has 1 aromatic heterocycles. The second-order valence-electron chi connectivity index (χ2n) is 6.65. The van der Waals surface area contributed by atoms with Crippen LogP contribution in [0.15, 0.2) is 54.9 Å². The van der Waals surface area contributed by atoms with Crippen molar-refractivity contribution in [3.8, 4) is 5.75 Å². The molecule has 0 saturated heterocycles. The van der Waals surface area contributed by atoms with E-state index in [1.54, 1.807) is 43.3 Å². The number of ether oxygens (including phenoxy) is 1. The molecule has 1 atom stereocenters. The number of aryl methyl sites for hydroxylation is 1. The van der Waals surface area contributed by atoms with Crippen LogP contribution in [0.2, 0.25) is 0 Å². The third-order valence-electron chi connectivity index (χ3n) is 4.79. The molecule has 0 aliphatic carbocycles. The monoisotopic (exact) mass is 376 g/mol. The van der Waals surface area contributed by atoms with Gasteiger partial charge in [0.2, 0.25) is 0 Å². The van der Waals surface area contributed by atoms with E-state index in [0.29, 0.717) is 29.2 Å². The molecule has 0 radical (unpaired) electrons. The molecule has 1 aliphatic heterocycles. The summed E-state index contributed by atoms with van der Waals surface area (Å²) in [4.78, 5) is 25.2. The molecule has 142 valence electrons. The lowest BCUT2D eigenvalue weighted by atomic mass is 9.90. The molecule has 0 fully saturated rings. The molecule has 2 heterocycles. The van der Waals surface area contributed by atoms with Gasteiger partial charge in [-0.25, -0.2) is 0 Å². The average molecular weight is 376 g/mol. The lowest BCUT2D eigenvalue weighted by Crippen LogP contribution is -2.20. The maximum absolute atomic E-state index is 12.8. The Kier molecular flexibility index (Phi) is 4.57. The quantitative estimate of drug-likeness (QED) is 0.733. The molecular weight excluding hydrogens is 356 g/mol. The van der Waals surface area contributed by atoms with Crippen molar-refractivity contribution in [3.05, 3.63) is 77.1 Å². The zero-order chi connectivity index (χ0) is 19.7. The van der Waals surface area contributed by atoms with Gasteiger partial charge in [-0.2, -0.15) is 5.10 Å². The van der Waals surface area contributed by atoms with Crippen LogP contribution in [0.5, 0.6) is 5.75 Å². The Morgan fingerprint density at radius 3 is 2.64 bits per heavy atom. The molecule has 4 rings (SSSR count). The number of anilines is 1. The van der Waals surface area contributed by atoms with Crippen molar-refractivity contribution in [1.29, 1.82) is 0 Å². The maximum atomic E-state index is 12.8. The van der Waals surface area contributed by atoms with Crippen molar-refractivity contribution in [1.82, 2.24) is 15.1 Å². The van der Waals surface area contributed by atoms with E-state index in [2.05, 4.69) is 15.7 Å². The van der Waals surface area contributed by atoms with Gasteiger partial charge in [0.15, 0.2) is 0 Å². The van der Waals surface area contributed by atoms with E-state index < -0.39 is 0 Å². The summed E-state index contributed by atoms with van der Waals surface area (Å²) >= 11 is 0. The number of hydrogen-bond acceptors (Lipinski definition) is 4. The van der Waals surface area contributed by atoms with E-state index in [1.165, 1.54) is 0 Å². The van der Waals surface area contributed by atoms with E-state index >= 15 is 0 Å². The Hall–Kier alpha value is -3.61. The Morgan fingerprint density at radius 2 is 1.96 bits per heavy atom. The van der Waals surface area contributed by atoms with E-state index in [-0.39, 0.29) is 17.7 Å². The van der Waals surface area contributed by atoms with Crippen molar-refractivity contribution in [3.63, 3.8) is 0 Å². The predicted octanol–water partition coefficient (Wildman–Crippen LogP) is 2.56. The first-order valence-corrected chi connectivity index (χ1v) is 8.94. The van der Waals surface area contributed by atoms with E-state index in [0.717, 1.165) is 11.1 Å². The minimum atomic E-state index is -0.306. The van der Waals surface area contributed by atoms with Crippen molar-refractivity contribution in [2.45, 2.75) is 5.92 Å². The number of nitrogens with one attached hydrogen (secondary N) is 2. The first kappa shape index (κ1) is 17.8. The Bertz CT molecular complexity index is 1040. The van der Waals surface area contributed by atoms with Crippen molar-refractivity contribution in [2.75, 3.05) is 19.0 Å². The lowest BCUT2D eigenvalue weighted by Gasteiger charge is -2.12. The second kappa shape index (κ2) is 7.19. The Labute approximate surface area is 162 Å². The molecule has 28 heavy (non-hydrogen) atoms. The van der Waals surface area contributed by atoms with Crippen molar-refractivity contribution >= 4 is 17.5 Å². The fourth-order valence-corrected chi connectivity index (χ4v) is 3.41. The Morgan fingerprint density at radius 1 is 1.18 bits per heavy atom. The highest BCUT2D eigenvalue weighted by Gasteiger charge is 2.31. The maximum Gasteiger partial charge on any atom is 0.255 e. The third-order valence-corrected chi connectivity index (χ3v) is 4.79. The number of aromatic nitrogens is 2. The number of carbonyl (C=O) groups is 2. The fourth-order valence-electron chi connectivity index (χ4n) is 3.41. The average Bonchev–Trinajstić information content (AvgIpc) is 3.33. The third kappa shape index (κ3) is 3.22. The van der Waals surface area contributed by atoms with Gasteiger partial charge in [-0.1, -0.05) is 30.3 Å². The lowest BCUT2D eigenvalue weighted by molar-refractivity contribution is 0.0960. The number of amides is 2. The van der Waals surface area contributed by atoms with Gasteiger partial charge in [-0.15, -0.1) is 0 Å². The molecule has 0 bridgehead atoms. The number of nitrogens with zero attached hydrogens (tertiary/aromatic N) is 2. The standard InChI is InChI=1S/C21H20N4O3/c1-22-21(27)17-9-14(20(26)24-15-10-23-25(2)11-15)8-16-18(12-28-19(16)17)13-6-4-3-5-7-13/h3-11,18H,12H2,1-2H3,(H,22,27)(H,24,26)/t18-/m0/s1. The molecule has 7 nitrogen and oxygen atoms in total. The van der Waals surface area contributed by atoms with Crippen LogP contribution >= 0.6 is 0 Å². The van der Waals surface area contributed by atoms with Gasteiger partial charge in [0.05, 0.1) is 24.1 Å². The molecule has 3 aromatic rings. The number of carbonyl (C=O) groups excluding carboxylic acids is 2. The van der Waals surface area contributed by atoms with Gasteiger partial charge in [-0.05, 0) is 17.7 Å². The van der Waals surface area contributed by atoms with Crippen LogP contribution in [0.3, 0.4) is 0 Å². The van der Waals surface area contributed by atoms with E-state index in [1.807, 2.05) is 30.3 Å². The number of fused-ring (bicyclic) bond motifs is 1. The van der Waals surface area contributed by atoms with Crippen LogP contribution in [0.1, 0.15) is 37.8 Å². The Balaban J connectivity index is 1.76. The number of rotatable bonds is 4. The summed E-state index contributed by atoms with van der Waals surface area (Å²) in [6.07, 6.45) is 3.28. The molecule has 0 saturated carbocycles. The van der Waals surface area contributed by atoms with Gasteiger partial charge in [0.1, 0.15) is 5.75 Å². The molecule has 0 unspecified atom stereocenters. The zero-order valence-electron chi connectivity index (χ0n) is 15.6. The summed E-state index contributed by atoms with van der Waals surface area (Å²) in [6.45, 7) is 0.428. The normalized spacial score (nSPS) is 14.9. The molecule has 2 aromatic carbocycles. The first-order chi connectivity index (χ1) is 13.6. The predicted molar refractivity (Wildman–Crippen MR) is 105 cm³/mol. The summed E-state index contributed by atoms with van der Waals surface area (Å²) in [6, 6.07) is 13.3. The number of hydrogen-bond donors (Lipinski definition) is 2. The van der Waals surface area contributed by atoms with Crippen molar-refractivity contribution in [2.24, 2.45) is 7.05 Å². The summed E-state index contributed by atoms with van der Waals surface area (Å²) < 4.78 is 7.47. The van der Waals surface area contributed by atoms with Crippen LogP contribution in [-0.4, -0.2) is 35.2 Å². The van der Waals surface area contributed by atoms with Crippen LogP contribution in [0.4, 0.5) is 5.69 Å². The van der Waals surface area contributed by atoms with Crippen LogP contribution in [0, 0.1) is 0 Å². The molecular formula is C21H20N4O3. The topological polar surface area (TPSA) is 85.3 Å². The van der Waals surface area contributed by atoms with Gasteiger partial charge in [0, 0.05) is 37.3 Å². The fraction of sp³-hybridized carbons (Fsp3) is 0.190. The molecule has 0 spiro atoms. The van der Waals surface area contributed by atoms with Crippen molar-refractivity contribution < 1.29 is 14.3 Å². The van der Waals surface area contributed by atoms with Crippen LogP contribution in [-0.2, 0) is 7.05 Å². The molecule has 2 N–H and O–H groups in total. The SMILES string of the molecule is CNC(=O)c1cc(C(=O)Nc2cnn(C)c2)cc2c1OC[C@H]2c1ccccc1. The highest BCUT2D eigenvalue weighted by atomic mass is 16.5. The molecule has 1 aliphatic rings. The minimum absolute atomic E-state index is 0.0363. The van der Waals surface area contributed by atoms with Crippen LogP contribution < -0.4 is 15.4 Å². The summed E-state index contributed by atoms with van der Waals surface area (Å²) in [5.41, 5.74) is 3.25. The zero-order valence-corrected chi connectivity index (χ0v) is 15.6. The highest BCUT2D eigenvalue weighted by Crippen LogP contribution is 2.41. The smallest absolute Gasteiger partial charge is 0.255 e. The van der Waals surface area contributed by atoms with Crippen LogP contribution in [0.25, 0.3) is 0 Å². The van der Waals surface area contributed by atoms with Gasteiger partial charge in [0.25, 0.3) is 11.8 Å². The minimum Gasteiger partial charge on any atom is -0.491 e.